The molecule has 3 nitrogen and oxygen atoms in total. The SMILES string of the molecule is Cc1ccsc1C(C)(C)CNC(=O)C(C)CN. The normalized spacial score (nSPS) is 13.5. The Morgan fingerprint density at radius 3 is 2.71 bits per heavy atom. The summed E-state index contributed by atoms with van der Waals surface area (Å²) in [5, 5.41) is 5.07. The topological polar surface area (TPSA) is 55.1 Å². The van der Waals surface area contributed by atoms with Gasteiger partial charge in [-0.05, 0) is 23.9 Å². The number of carbonyl (C=O) groups is 1. The first-order valence-corrected chi connectivity index (χ1v) is 6.79. The van der Waals surface area contributed by atoms with Crippen LogP contribution < -0.4 is 11.1 Å². The van der Waals surface area contributed by atoms with Gasteiger partial charge in [0.25, 0.3) is 0 Å². The van der Waals surface area contributed by atoms with Crippen molar-refractivity contribution in [1.29, 1.82) is 0 Å². The number of nitrogens with one attached hydrogen (secondary N) is 1. The molecule has 0 aliphatic carbocycles. The van der Waals surface area contributed by atoms with Gasteiger partial charge < -0.3 is 11.1 Å². The van der Waals surface area contributed by atoms with Crippen LogP contribution in [0.3, 0.4) is 0 Å². The van der Waals surface area contributed by atoms with Gasteiger partial charge in [0.15, 0.2) is 0 Å². The van der Waals surface area contributed by atoms with Crippen molar-refractivity contribution in [3.63, 3.8) is 0 Å². The molecule has 1 amide bonds. The lowest BCUT2D eigenvalue weighted by Crippen LogP contribution is -2.40. The first kappa shape index (κ1) is 14.2. The molecule has 0 bridgehead atoms. The van der Waals surface area contributed by atoms with Crippen LogP contribution in [0.4, 0.5) is 0 Å². The molecule has 0 saturated carbocycles. The van der Waals surface area contributed by atoms with E-state index in [2.05, 4.69) is 37.5 Å². The number of aryl methyl sites for hydroxylation is 1. The minimum atomic E-state index is -0.116. The van der Waals surface area contributed by atoms with Crippen LogP contribution in [0.2, 0.25) is 0 Å². The smallest absolute Gasteiger partial charge is 0.224 e. The van der Waals surface area contributed by atoms with Gasteiger partial charge in [-0.2, -0.15) is 0 Å². The average molecular weight is 254 g/mol. The van der Waals surface area contributed by atoms with E-state index in [9.17, 15) is 4.79 Å². The standard InChI is InChI=1S/C13H22N2OS/c1-9-5-6-17-11(9)13(3,4)8-15-12(16)10(2)7-14/h5-6,10H,7-8,14H2,1-4H3,(H,15,16). The van der Waals surface area contributed by atoms with Gasteiger partial charge in [-0.1, -0.05) is 20.8 Å². The van der Waals surface area contributed by atoms with Gasteiger partial charge in [0.05, 0.1) is 0 Å². The Labute approximate surface area is 107 Å². The maximum Gasteiger partial charge on any atom is 0.224 e. The molecule has 1 aromatic rings. The number of hydrogen-bond acceptors (Lipinski definition) is 3. The van der Waals surface area contributed by atoms with Gasteiger partial charge in [0.2, 0.25) is 5.91 Å². The van der Waals surface area contributed by atoms with E-state index in [-0.39, 0.29) is 17.2 Å². The Hall–Kier alpha value is -0.870. The Balaban J connectivity index is 2.62. The van der Waals surface area contributed by atoms with Crippen molar-refractivity contribution in [2.75, 3.05) is 13.1 Å². The molecule has 96 valence electrons. The molecule has 0 fully saturated rings. The van der Waals surface area contributed by atoms with Crippen molar-refractivity contribution in [2.24, 2.45) is 11.7 Å². The van der Waals surface area contributed by atoms with Crippen LogP contribution in [0.15, 0.2) is 11.4 Å². The first-order chi connectivity index (χ1) is 7.88. The summed E-state index contributed by atoms with van der Waals surface area (Å²) in [5.74, 6) is -0.0787. The summed E-state index contributed by atoms with van der Waals surface area (Å²) in [6.45, 7) is 9.30. The summed E-state index contributed by atoms with van der Waals surface area (Å²) in [5.41, 5.74) is 6.74. The Morgan fingerprint density at radius 2 is 2.24 bits per heavy atom. The number of nitrogens with two attached hydrogens (primary N) is 1. The monoisotopic (exact) mass is 254 g/mol. The van der Waals surface area contributed by atoms with Crippen LogP contribution in [-0.2, 0) is 10.2 Å². The number of carbonyl (C=O) groups excluding carboxylic acids is 1. The molecule has 1 aromatic heterocycles. The van der Waals surface area contributed by atoms with E-state index in [4.69, 9.17) is 5.73 Å². The van der Waals surface area contributed by atoms with Crippen molar-refractivity contribution < 1.29 is 4.79 Å². The van der Waals surface area contributed by atoms with Crippen LogP contribution >= 0.6 is 11.3 Å². The highest BCUT2D eigenvalue weighted by Gasteiger charge is 2.25. The third-order valence-corrected chi connectivity index (χ3v) is 4.36. The third kappa shape index (κ3) is 3.54. The minimum absolute atomic E-state index is 0.0256. The molecule has 1 atom stereocenters. The predicted octanol–water partition coefficient (Wildman–Crippen LogP) is 2.05. The number of rotatable bonds is 5. The van der Waals surface area contributed by atoms with Crippen LogP contribution in [0.5, 0.6) is 0 Å². The Kier molecular flexibility index (Phi) is 4.71. The van der Waals surface area contributed by atoms with E-state index in [1.54, 1.807) is 11.3 Å². The summed E-state index contributed by atoms with van der Waals surface area (Å²) < 4.78 is 0. The van der Waals surface area contributed by atoms with Crippen molar-refractivity contribution in [3.8, 4) is 0 Å². The third-order valence-electron chi connectivity index (χ3n) is 2.98. The van der Waals surface area contributed by atoms with E-state index in [0.717, 1.165) is 0 Å². The van der Waals surface area contributed by atoms with Gasteiger partial charge in [-0.3, -0.25) is 4.79 Å². The minimum Gasteiger partial charge on any atom is -0.355 e. The molecule has 1 rings (SSSR count). The molecule has 1 heterocycles. The summed E-state index contributed by atoms with van der Waals surface area (Å²) in [7, 11) is 0. The molecule has 0 aliphatic rings. The lowest BCUT2D eigenvalue weighted by Gasteiger charge is -2.25. The molecule has 1 unspecified atom stereocenters. The molecule has 0 spiro atoms. The van der Waals surface area contributed by atoms with E-state index >= 15 is 0 Å². The van der Waals surface area contributed by atoms with Crippen LogP contribution in [0.1, 0.15) is 31.2 Å². The maximum absolute atomic E-state index is 11.7. The van der Waals surface area contributed by atoms with Gasteiger partial charge in [0, 0.05) is 29.3 Å². The Bertz CT molecular complexity index is 385. The van der Waals surface area contributed by atoms with Gasteiger partial charge in [-0.15, -0.1) is 11.3 Å². The fourth-order valence-corrected chi connectivity index (χ4v) is 2.79. The molecule has 4 heteroatoms. The largest absolute Gasteiger partial charge is 0.355 e. The zero-order chi connectivity index (χ0) is 13.1. The van der Waals surface area contributed by atoms with E-state index in [1.807, 2.05) is 6.92 Å². The average Bonchev–Trinajstić information content (AvgIpc) is 2.72. The predicted molar refractivity (Wildman–Crippen MR) is 73.3 cm³/mol. The van der Waals surface area contributed by atoms with Gasteiger partial charge in [0.1, 0.15) is 0 Å². The molecule has 0 saturated heterocycles. The molecule has 0 aromatic carbocycles. The van der Waals surface area contributed by atoms with E-state index in [0.29, 0.717) is 13.1 Å². The first-order valence-electron chi connectivity index (χ1n) is 5.91. The zero-order valence-electron chi connectivity index (χ0n) is 11.0. The second-order valence-corrected chi connectivity index (χ2v) is 6.09. The van der Waals surface area contributed by atoms with E-state index < -0.39 is 0 Å². The van der Waals surface area contributed by atoms with Crippen molar-refractivity contribution >= 4 is 17.2 Å². The summed E-state index contributed by atoms with van der Waals surface area (Å²) >= 11 is 1.75. The molecule has 0 radical (unpaired) electrons. The quantitative estimate of drug-likeness (QED) is 0.845. The number of amides is 1. The second-order valence-electron chi connectivity index (χ2n) is 5.17. The van der Waals surface area contributed by atoms with Gasteiger partial charge in [-0.25, -0.2) is 0 Å². The van der Waals surface area contributed by atoms with Crippen LogP contribution in [0, 0.1) is 12.8 Å². The van der Waals surface area contributed by atoms with Crippen molar-refractivity contribution in [1.82, 2.24) is 5.32 Å². The van der Waals surface area contributed by atoms with Gasteiger partial charge >= 0.3 is 0 Å². The highest BCUT2D eigenvalue weighted by molar-refractivity contribution is 7.10. The molecule has 0 aliphatic heterocycles. The zero-order valence-corrected chi connectivity index (χ0v) is 11.9. The lowest BCUT2D eigenvalue weighted by atomic mass is 9.89. The molecule has 3 N–H and O–H groups in total. The molecule has 17 heavy (non-hydrogen) atoms. The fraction of sp³-hybridized carbons (Fsp3) is 0.615. The number of thiophene rings is 1. The van der Waals surface area contributed by atoms with Crippen molar-refractivity contribution in [2.45, 2.75) is 33.1 Å². The van der Waals surface area contributed by atoms with Crippen LogP contribution in [0.25, 0.3) is 0 Å². The summed E-state index contributed by atoms with van der Waals surface area (Å²) in [6, 6.07) is 2.12. The highest BCUT2D eigenvalue weighted by atomic mass is 32.1. The van der Waals surface area contributed by atoms with Crippen molar-refractivity contribution in [3.05, 3.63) is 21.9 Å². The fourth-order valence-electron chi connectivity index (χ4n) is 1.74. The van der Waals surface area contributed by atoms with Crippen LogP contribution in [-0.4, -0.2) is 19.0 Å². The maximum atomic E-state index is 11.7. The molecular formula is C13H22N2OS. The summed E-state index contributed by atoms with van der Waals surface area (Å²) in [4.78, 5) is 13.0. The number of hydrogen-bond donors (Lipinski definition) is 2. The van der Waals surface area contributed by atoms with E-state index in [1.165, 1.54) is 10.4 Å². The Morgan fingerprint density at radius 1 is 1.59 bits per heavy atom. The highest BCUT2D eigenvalue weighted by Crippen LogP contribution is 2.30. The molecular weight excluding hydrogens is 232 g/mol. The summed E-state index contributed by atoms with van der Waals surface area (Å²) in [6.07, 6.45) is 0. The second kappa shape index (κ2) is 5.65. The lowest BCUT2D eigenvalue weighted by molar-refractivity contribution is -0.124.